The van der Waals surface area contributed by atoms with Gasteiger partial charge in [0.1, 0.15) is 0 Å². The summed E-state index contributed by atoms with van der Waals surface area (Å²) in [5.41, 5.74) is 2.06. The smallest absolute Gasteiger partial charge is 0.315 e. The molecule has 0 unspecified atom stereocenters. The fourth-order valence-electron chi connectivity index (χ4n) is 1.84. The molecule has 0 atom stereocenters. The second kappa shape index (κ2) is 6.64. The van der Waals surface area contributed by atoms with E-state index in [0.717, 1.165) is 5.56 Å². The largest absolute Gasteiger partial charge is 0.331 e. The third kappa shape index (κ3) is 4.30. The van der Waals surface area contributed by atoms with E-state index in [2.05, 4.69) is 13.8 Å². The summed E-state index contributed by atoms with van der Waals surface area (Å²) in [7, 11) is 0. The van der Waals surface area contributed by atoms with Gasteiger partial charge in [0.15, 0.2) is 0 Å². The molecule has 0 radical (unpaired) electrons. The molecule has 1 amide bonds. The minimum absolute atomic E-state index is 0.221. The van der Waals surface area contributed by atoms with Crippen molar-refractivity contribution in [3.63, 3.8) is 0 Å². The van der Waals surface area contributed by atoms with Gasteiger partial charge < -0.3 is 4.90 Å². The predicted molar refractivity (Wildman–Crippen MR) is 72.2 cm³/mol. The lowest BCUT2D eigenvalue weighted by Crippen LogP contribution is -2.40. The fraction of sp³-hybridized carbons (Fsp3) is 0.533. The highest BCUT2D eigenvalue weighted by Gasteiger charge is 2.25. The van der Waals surface area contributed by atoms with Crippen LogP contribution in [0.5, 0.6) is 0 Å². The van der Waals surface area contributed by atoms with Crippen LogP contribution in [0.1, 0.15) is 44.7 Å². The van der Waals surface area contributed by atoms with Crippen LogP contribution in [-0.4, -0.2) is 23.3 Å². The second-order valence-electron chi connectivity index (χ2n) is 5.26. The van der Waals surface area contributed by atoms with Crippen molar-refractivity contribution in [1.29, 1.82) is 0 Å². The molecule has 1 aromatic carbocycles. The molecule has 0 N–H and O–H groups in total. The maximum Gasteiger partial charge on any atom is 0.315 e. The van der Waals surface area contributed by atoms with Crippen LogP contribution in [0.15, 0.2) is 24.3 Å². The van der Waals surface area contributed by atoms with Crippen LogP contribution in [0.4, 0.5) is 8.78 Å². The minimum Gasteiger partial charge on any atom is -0.331 e. The van der Waals surface area contributed by atoms with E-state index in [4.69, 9.17) is 0 Å². The van der Waals surface area contributed by atoms with Gasteiger partial charge in [0, 0.05) is 12.6 Å². The summed E-state index contributed by atoms with van der Waals surface area (Å²) in [5, 5.41) is 0. The van der Waals surface area contributed by atoms with Crippen molar-refractivity contribution in [3.8, 4) is 0 Å². The van der Waals surface area contributed by atoms with Gasteiger partial charge in [-0.05, 0) is 30.9 Å². The molecular weight excluding hydrogens is 248 g/mol. The number of halogens is 2. The lowest BCUT2D eigenvalue weighted by Gasteiger charge is -2.26. The van der Waals surface area contributed by atoms with Gasteiger partial charge in [-0.2, -0.15) is 8.78 Å². The third-order valence-corrected chi connectivity index (χ3v) is 3.09. The molecule has 0 aliphatic carbocycles. The molecule has 2 nitrogen and oxygen atoms in total. The molecule has 0 aliphatic heterocycles. The monoisotopic (exact) mass is 269 g/mol. The second-order valence-corrected chi connectivity index (χ2v) is 5.26. The molecule has 0 fully saturated rings. The summed E-state index contributed by atoms with van der Waals surface area (Å²) in [6.07, 6.45) is -2.95. The van der Waals surface area contributed by atoms with Crippen LogP contribution in [0.25, 0.3) is 0 Å². The molecule has 0 saturated heterocycles. The lowest BCUT2D eigenvalue weighted by molar-refractivity contribution is -0.145. The molecule has 19 heavy (non-hydrogen) atoms. The Kier molecular flexibility index (Phi) is 5.45. The van der Waals surface area contributed by atoms with Gasteiger partial charge in [-0.1, -0.05) is 38.1 Å². The first-order valence-corrected chi connectivity index (χ1v) is 6.50. The zero-order valence-electron chi connectivity index (χ0n) is 11.9. The van der Waals surface area contributed by atoms with Gasteiger partial charge >= 0.3 is 6.43 Å². The Morgan fingerprint density at radius 3 is 2.00 bits per heavy atom. The van der Waals surface area contributed by atoms with Crippen molar-refractivity contribution in [3.05, 3.63) is 35.4 Å². The molecule has 1 aromatic rings. The van der Waals surface area contributed by atoms with E-state index in [1.807, 2.05) is 24.3 Å². The number of carbonyl (C=O) groups is 1. The van der Waals surface area contributed by atoms with Crippen molar-refractivity contribution in [1.82, 2.24) is 4.90 Å². The van der Waals surface area contributed by atoms with Gasteiger partial charge in [0.25, 0.3) is 5.91 Å². The average Bonchev–Trinajstić information content (AvgIpc) is 2.35. The van der Waals surface area contributed by atoms with Crippen LogP contribution in [0.3, 0.4) is 0 Å². The predicted octanol–water partition coefficient (Wildman–Crippen LogP) is 3.81. The van der Waals surface area contributed by atoms with Crippen LogP contribution < -0.4 is 0 Å². The summed E-state index contributed by atoms with van der Waals surface area (Å²) in [6, 6.07) is 7.50. The highest BCUT2D eigenvalue weighted by molar-refractivity contribution is 5.79. The van der Waals surface area contributed by atoms with Gasteiger partial charge in [0.2, 0.25) is 0 Å². The Morgan fingerprint density at radius 1 is 1.11 bits per heavy atom. The van der Waals surface area contributed by atoms with Gasteiger partial charge in [-0.3, -0.25) is 4.79 Å². The summed E-state index contributed by atoms with van der Waals surface area (Å²) in [5.74, 6) is -0.680. The first kappa shape index (κ1) is 15.6. The van der Waals surface area contributed by atoms with Crippen LogP contribution in [-0.2, 0) is 11.3 Å². The Bertz CT molecular complexity index is 413. The van der Waals surface area contributed by atoms with Gasteiger partial charge in [-0.15, -0.1) is 0 Å². The summed E-state index contributed by atoms with van der Waals surface area (Å²) < 4.78 is 25.0. The van der Waals surface area contributed by atoms with E-state index < -0.39 is 12.3 Å². The van der Waals surface area contributed by atoms with Crippen molar-refractivity contribution in [2.75, 3.05) is 0 Å². The van der Waals surface area contributed by atoms with E-state index in [0.29, 0.717) is 5.92 Å². The van der Waals surface area contributed by atoms with Gasteiger partial charge in [-0.25, -0.2) is 0 Å². The molecule has 106 valence electrons. The van der Waals surface area contributed by atoms with E-state index >= 15 is 0 Å². The average molecular weight is 269 g/mol. The van der Waals surface area contributed by atoms with E-state index in [9.17, 15) is 13.6 Å². The summed E-state index contributed by atoms with van der Waals surface area (Å²) >= 11 is 0. The number of benzene rings is 1. The highest BCUT2D eigenvalue weighted by Crippen LogP contribution is 2.17. The molecule has 0 aliphatic rings. The van der Waals surface area contributed by atoms with Crippen LogP contribution in [0.2, 0.25) is 0 Å². The molecule has 0 heterocycles. The first-order chi connectivity index (χ1) is 8.82. The number of hydrogen-bond acceptors (Lipinski definition) is 1. The zero-order chi connectivity index (χ0) is 14.6. The SMILES string of the molecule is CC(C)c1ccc(CN(C(=O)C(F)F)C(C)C)cc1. The number of amides is 1. The highest BCUT2D eigenvalue weighted by atomic mass is 19.3. The summed E-state index contributed by atoms with van der Waals surface area (Å²) in [6.45, 7) is 7.89. The molecule has 0 aromatic heterocycles. The van der Waals surface area contributed by atoms with E-state index in [-0.39, 0.29) is 12.6 Å². The maximum atomic E-state index is 12.5. The molecule has 0 saturated carbocycles. The number of nitrogens with zero attached hydrogens (tertiary/aromatic N) is 1. The zero-order valence-corrected chi connectivity index (χ0v) is 11.9. The molecule has 0 bridgehead atoms. The standard InChI is InChI=1S/C15H21F2NO/c1-10(2)13-7-5-12(6-8-13)9-18(11(3)4)15(19)14(16)17/h5-8,10-11,14H,9H2,1-4H3. The van der Waals surface area contributed by atoms with E-state index in [1.165, 1.54) is 10.5 Å². The topological polar surface area (TPSA) is 20.3 Å². The normalized spacial score (nSPS) is 11.4. The Hall–Kier alpha value is -1.45. The van der Waals surface area contributed by atoms with Crippen molar-refractivity contribution in [2.24, 2.45) is 0 Å². The molecule has 1 rings (SSSR count). The molecule has 4 heteroatoms. The van der Waals surface area contributed by atoms with Crippen molar-refractivity contribution >= 4 is 5.91 Å². The Labute approximate surface area is 113 Å². The minimum atomic E-state index is -2.95. The first-order valence-electron chi connectivity index (χ1n) is 6.50. The number of carbonyl (C=O) groups excluding carboxylic acids is 1. The fourth-order valence-corrected chi connectivity index (χ4v) is 1.84. The number of alkyl halides is 2. The van der Waals surface area contributed by atoms with Crippen molar-refractivity contribution < 1.29 is 13.6 Å². The number of hydrogen-bond donors (Lipinski definition) is 0. The van der Waals surface area contributed by atoms with Crippen LogP contribution >= 0.6 is 0 Å². The quantitative estimate of drug-likeness (QED) is 0.796. The van der Waals surface area contributed by atoms with Crippen molar-refractivity contribution in [2.45, 2.75) is 52.6 Å². The van der Waals surface area contributed by atoms with Gasteiger partial charge in [0.05, 0.1) is 0 Å². The summed E-state index contributed by atoms with van der Waals surface area (Å²) in [4.78, 5) is 12.6. The van der Waals surface area contributed by atoms with Crippen LogP contribution in [0, 0.1) is 0 Å². The maximum absolute atomic E-state index is 12.5. The molecule has 0 spiro atoms. The molecular formula is C15H21F2NO. The lowest BCUT2D eigenvalue weighted by atomic mass is 10.0. The van der Waals surface area contributed by atoms with E-state index in [1.54, 1.807) is 13.8 Å². The number of rotatable bonds is 5. The Morgan fingerprint density at radius 2 is 1.63 bits per heavy atom. The Balaban J connectivity index is 2.82. The third-order valence-electron chi connectivity index (χ3n) is 3.09.